The molecule has 0 bridgehead atoms. The summed E-state index contributed by atoms with van der Waals surface area (Å²) in [6.45, 7) is 7.07. The van der Waals surface area contributed by atoms with Gasteiger partial charge in [-0.3, -0.25) is 4.79 Å². The van der Waals surface area contributed by atoms with E-state index in [4.69, 9.17) is 0 Å². The first-order valence-corrected chi connectivity index (χ1v) is 8.24. The zero-order valence-electron chi connectivity index (χ0n) is 12.7. The lowest BCUT2D eigenvalue weighted by molar-refractivity contribution is -0.131. The molecule has 0 saturated carbocycles. The van der Waals surface area contributed by atoms with Crippen LogP contribution < -0.4 is 5.32 Å². The van der Waals surface area contributed by atoms with Gasteiger partial charge in [-0.2, -0.15) is 0 Å². The average molecular weight is 295 g/mol. The molecule has 0 aliphatic carbocycles. The van der Waals surface area contributed by atoms with E-state index in [-0.39, 0.29) is 5.91 Å². The van der Waals surface area contributed by atoms with Crippen molar-refractivity contribution < 1.29 is 4.79 Å². The first kappa shape index (κ1) is 15.4. The molecule has 1 aromatic rings. The van der Waals surface area contributed by atoms with Gasteiger partial charge in [-0.25, -0.2) is 4.98 Å². The first-order valence-electron chi connectivity index (χ1n) is 7.42. The lowest BCUT2D eigenvalue weighted by Crippen LogP contribution is -2.36. The number of carbonyl (C=O) groups is 1. The van der Waals surface area contributed by atoms with Gasteiger partial charge in [-0.05, 0) is 44.7 Å². The number of amides is 1. The molecule has 112 valence electrons. The summed E-state index contributed by atoms with van der Waals surface area (Å²) < 4.78 is 0. The zero-order chi connectivity index (χ0) is 14.5. The molecule has 2 atom stereocenters. The predicted octanol–water partition coefficient (Wildman–Crippen LogP) is 2.44. The summed E-state index contributed by atoms with van der Waals surface area (Å²) in [6.07, 6.45) is 5.01. The van der Waals surface area contributed by atoms with Crippen LogP contribution in [0.25, 0.3) is 0 Å². The number of nitrogens with one attached hydrogen (secondary N) is 1. The van der Waals surface area contributed by atoms with Gasteiger partial charge in [0.2, 0.25) is 5.91 Å². The van der Waals surface area contributed by atoms with E-state index in [2.05, 4.69) is 17.2 Å². The van der Waals surface area contributed by atoms with E-state index in [9.17, 15) is 4.79 Å². The first-order chi connectivity index (χ1) is 9.56. The number of nitrogens with zero attached hydrogens (tertiary/aromatic N) is 2. The second-order valence-electron chi connectivity index (χ2n) is 5.88. The fourth-order valence-corrected chi connectivity index (χ4v) is 3.61. The number of hydrogen-bond acceptors (Lipinski definition) is 4. The third-order valence-corrected chi connectivity index (χ3v) is 5.02. The van der Waals surface area contributed by atoms with E-state index in [0.717, 1.165) is 23.0 Å². The number of thiazole rings is 1. The molecule has 1 N–H and O–H groups in total. The Hall–Kier alpha value is -0.940. The summed E-state index contributed by atoms with van der Waals surface area (Å²) in [6, 6.07) is 0. The summed E-state index contributed by atoms with van der Waals surface area (Å²) in [5, 5.41) is 4.49. The van der Waals surface area contributed by atoms with Gasteiger partial charge in [0.1, 0.15) is 0 Å². The molecule has 0 spiro atoms. The minimum absolute atomic E-state index is 0.245. The molecule has 2 unspecified atom stereocenters. The predicted molar refractivity (Wildman–Crippen MR) is 82.7 cm³/mol. The highest BCUT2D eigenvalue weighted by Gasteiger charge is 2.23. The van der Waals surface area contributed by atoms with Crippen LogP contribution in [-0.4, -0.2) is 35.9 Å². The average Bonchev–Trinajstić information content (AvgIpc) is 2.85. The Balaban J connectivity index is 1.80. The van der Waals surface area contributed by atoms with E-state index in [1.807, 2.05) is 25.1 Å². The second kappa shape index (κ2) is 7.18. The summed E-state index contributed by atoms with van der Waals surface area (Å²) in [5.41, 5.74) is 0. The Morgan fingerprint density at radius 2 is 2.45 bits per heavy atom. The molecule has 5 heteroatoms. The van der Waals surface area contributed by atoms with Gasteiger partial charge in [0.15, 0.2) is 0 Å². The van der Waals surface area contributed by atoms with Crippen molar-refractivity contribution in [3.63, 3.8) is 0 Å². The number of aromatic nitrogens is 1. The van der Waals surface area contributed by atoms with Gasteiger partial charge >= 0.3 is 0 Å². The third kappa shape index (κ3) is 4.28. The SMILES string of the molecule is Cc1ncc(CN(C)C(=O)CC(C)C2CCCNC2)s1. The maximum atomic E-state index is 12.3. The van der Waals surface area contributed by atoms with E-state index >= 15 is 0 Å². The maximum absolute atomic E-state index is 12.3. The van der Waals surface area contributed by atoms with Crippen LogP contribution in [0.2, 0.25) is 0 Å². The lowest BCUT2D eigenvalue weighted by atomic mass is 9.85. The molecule has 1 amide bonds. The molecular weight excluding hydrogens is 270 g/mol. The molecule has 1 aliphatic rings. The normalized spacial score (nSPS) is 20.6. The molecule has 0 radical (unpaired) electrons. The quantitative estimate of drug-likeness (QED) is 0.907. The number of hydrogen-bond donors (Lipinski definition) is 1. The topological polar surface area (TPSA) is 45.2 Å². The van der Waals surface area contributed by atoms with Crippen molar-refractivity contribution in [2.45, 2.75) is 39.7 Å². The highest BCUT2D eigenvalue weighted by Crippen LogP contribution is 2.23. The second-order valence-corrected chi connectivity index (χ2v) is 7.20. The largest absolute Gasteiger partial charge is 0.341 e. The van der Waals surface area contributed by atoms with Gasteiger partial charge in [-0.1, -0.05) is 6.92 Å². The molecule has 2 heterocycles. The smallest absolute Gasteiger partial charge is 0.222 e. The lowest BCUT2D eigenvalue weighted by Gasteiger charge is -2.29. The van der Waals surface area contributed by atoms with Crippen LogP contribution in [0.15, 0.2) is 6.20 Å². The minimum Gasteiger partial charge on any atom is -0.341 e. The Morgan fingerprint density at radius 1 is 1.65 bits per heavy atom. The van der Waals surface area contributed by atoms with Crippen LogP contribution in [0.5, 0.6) is 0 Å². The van der Waals surface area contributed by atoms with E-state index in [1.165, 1.54) is 12.8 Å². The van der Waals surface area contributed by atoms with Crippen molar-refractivity contribution in [1.29, 1.82) is 0 Å². The van der Waals surface area contributed by atoms with Gasteiger partial charge in [0.05, 0.1) is 11.6 Å². The molecule has 0 aromatic carbocycles. The minimum atomic E-state index is 0.245. The van der Waals surface area contributed by atoms with Gasteiger partial charge < -0.3 is 10.2 Å². The van der Waals surface area contributed by atoms with Crippen LogP contribution in [0.3, 0.4) is 0 Å². The van der Waals surface area contributed by atoms with Crippen molar-refractivity contribution in [3.05, 3.63) is 16.1 Å². The fraction of sp³-hybridized carbons (Fsp3) is 0.733. The molecule has 1 aromatic heterocycles. The molecular formula is C15H25N3OS. The third-order valence-electron chi connectivity index (χ3n) is 4.12. The number of rotatable bonds is 5. The van der Waals surface area contributed by atoms with E-state index < -0.39 is 0 Å². The summed E-state index contributed by atoms with van der Waals surface area (Å²) >= 11 is 1.67. The van der Waals surface area contributed by atoms with Crippen molar-refractivity contribution in [3.8, 4) is 0 Å². The van der Waals surface area contributed by atoms with Crippen LogP contribution in [0, 0.1) is 18.8 Å². The van der Waals surface area contributed by atoms with Crippen molar-refractivity contribution in [2.24, 2.45) is 11.8 Å². The van der Waals surface area contributed by atoms with Crippen molar-refractivity contribution in [2.75, 3.05) is 20.1 Å². The van der Waals surface area contributed by atoms with Crippen LogP contribution in [-0.2, 0) is 11.3 Å². The van der Waals surface area contributed by atoms with Crippen molar-refractivity contribution in [1.82, 2.24) is 15.2 Å². The van der Waals surface area contributed by atoms with E-state index in [1.54, 1.807) is 11.3 Å². The molecule has 20 heavy (non-hydrogen) atoms. The number of aryl methyl sites for hydroxylation is 1. The molecule has 1 aliphatic heterocycles. The maximum Gasteiger partial charge on any atom is 0.222 e. The Morgan fingerprint density at radius 3 is 3.05 bits per heavy atom. The van der Waals surface area contributed by atoms with Crippen LogP contribution >= 0.6 is 11.3 Å². The highest BCUT2D eigenvalue weighted by molar-refractivity contribution is 7.11. The Bertz CT molecular complexity index is 440. The fourth-order valence-electron chi connectivity index (χ4n) is 2.76. The number of carbonyl (C=O) groups excluding carboxylic acids is 1. The summed E-state index contributed by atoms with van der Waals surface area (Å²) in [5.74, 6) is 1.35. The highest BCUT2D eigenvalue weighted by atomic mass is 32.1. The van der Waals surface area contributed by atoms with Crippen LogP contribution in [0.1, 0.15) is 36.1 Å². The summed E-state index contributed by atoms with van der Waals surface area (Å²) in [7, 11) is 1.89. The molecule has 1 saturated heterocycles. The Labute approximate surface area is 125 Å². The number of piperidine rings is 1. The standard InChI is InChI=1S/C15H25N3OS/c1-11(13-5-4-6-16-8-13)7-15(19)18(3)10-14-9-17-12(2)20-14/h9,11,13,16H,4-8,10H2,1-3H3. The van der Waals surface area contributed by atoms with Crippen LogP contribution in [0.4, 0.5) is 0 Å². The van der Waals surface area contributed by atoms with Gasteiger partial charge in [0, 0.05) is 24.5 Å². The van der Waals surface area contributed by atoms with Gasteiger partial charge in [0.25, 0.3) is 0 Å². The monoisotopic (exact) mass is 295 g/mol. The van der Waals surface area contributed by atoms with E-state index in [0.29, 0.717) is 24.8 Å². The zero-order valence-corrected chi connectivity index (χ0v) is 13.5. The molecule has 2 rings (SSSR count). The molecule has 1 fully saturated rings. The van der Waals surface area contributed by atoms with Gasteiger partial charge in [-0.15, -0.1) is 11.3 Å². The summed E-state index contributed by atoms with van der Waals surface area (Å²) in [4.78, 5) is 19.5. The Kier molecular flexibility index (Phi) is 5.54. The van der Waals surface area contributed by atoms with Crippen molar-refractivity contribution >= 4 is 17.2 Å². The molecule has 4 nitrogen and oxygen atoms in total.